The molecule has 2 aromatic heterocycles. The Balaban J connectivity index is 1.80. The first kappa shape index (κ1) is 13.9. The molecule has 0 atom stereocenters. The highest BCUT2D eigenvalue weighted by Crippen LogP contribution is 2.29. The molecule has 0 fully saturated rings. The minimum Gasteiger partial charge on any atom is -0.493 e. The van der Waals surface area contributed by atoms with E-state index in [1.165, 1.54) is 0 Å². The lowest BCUT2D eigenvalue weighted by molar-refractivity contribution is 0.281. The summed E-state index contributed by atoms with van der Waals surface area (Å²) in [7, 11) is 1.64. The van der Waals surface area contributed by atoms with Gasteiger partial charge in [-0.3, -0.25) is 0 Å². The first-order valence-electron chi connectivity index (χ1n) is 6.58. The van der Waals surface area contributed by atoms with E-state index in [1.807, 2.05) is 53.2 Å². The van der Waals surface area contributed by atoms with Crippen molar-refractivity contribution in [1.82, 2.24) is 9.38 Å². The van der Waals surface area contributed by atoms with E-state index >= 15 is 0 Å². The number of ether oxygens (including phenoxy) is 2. The van der Waals surface area contributed by atoms with E-state index in [1.54, 1.807) is 7.11 Å². The van der Waals surface area contributed by atoms with E-state index < -0.39 is 0 Å². The van der Waals surface area contributed by atoms with E-state index in [9.17, 15) is 0 Å². The van der Waals surface area contributed by atoms with Crippen molar-refractivity contribution in [2.45, 2.75) is 11.9 Å². The average Bonchev–Trinajstić information content (AvgIpc) is 2.95. The molecule has 5 heteroatoms. The molecule has 0 N–H and O–H groups in total. The molecule has 1 aromatic carbocycles. The topological polar surface area (TPSA) is 35.8 Å². The van der Waals surface area contributed by atoms with Gasteiger partial charge < -0.3 is 13.9 Å². The highest BCUT2D eigenvalue weighted by molar-refractivity contribution is 9.08. The highest BCUT2D eigenvalue weighted by Gasteiger charge is 2.07. The van der Waals surface area contributed by atoms with Crippen LogP contribution in [0.15, 0.2) is 48.8 Å². The minimum atomic E-state index is 0.407. The second-order valence-electron chi connectivity index (χ2n) is 4.61. The van der Waals surface area contributed by atoms with E-state index in [0.29, 0.717) is 6.61 Å². The Bertz CT molecular complexity index is 722. The Kier molecular flexibility index (Phi) is 4.10. The Labute approximate surface area is 131 Å². The Morgan fingerprint density at radius 2 is 2.10 bits per heavy atom. The monoisotopic (exact) mass is 346 g/mol. The van der Waals surface area contributed by atoms with Crippen molar-refractivity contribution in [2.24, 2.45) is 0 Å². The standard InChI is InChI=1S/C16H15BrN2O2/c1-20-14-6-5-12(9-17)8-15(14)21-11-13-10-19-7-3-2-4-16(19)18-13/h2-8,10H,9,11H2,1H3. The molecule has 2 heterocycles. The summed E-state index contributed by atoms with van der Waals surface area (Å²) < 4.78 is 13.2. The number of benzene rings is 1. The summed E-state index contributed by atoms with van der Waals surface area (Å²) in [4.78, 5) is 4.51. The van der Waals surface area contributed by atoms with Crippen LogP contribution in [0.25, 0.3) is 5.65 Å². The van der Waals surface area contributed by atoms with E-state index in [-0.39, 0.29) is 0 Å². The maximum absolute atomic E-state index is 5.86. The van der Waals surface area contributed by atoms with Gasteiger partial charge in [0.1, 0.15) is 12.3 Å². The molecular formula is C16H15BrN2O2. The largest absolute Gasteiger partial charge is 0.493 e. The van der Waals surface area contributed by atoms with Crippen molar-refractivity contribution < 1.29 is 9.47 Å². The summed E-state index contributed by atoms with van der Waals surface area (Å²) >= 11 is 3.45. The van der Waals surface area contributed by atoms with Crippen molar-refractivity contribution in [2.75, 3.05) is 7.11 Å². The van der Waals surface area contributed by atoms with Gasteiger partial charge in [-0.05, 0) is 29.8 Å². The van der Waals surface area contributed by atoms with Crippen LogP contribution in [-0.4, -0.2) is 16.5 Å². The van der Waals surface area contributed by atoms with Gasteiger partial charge in [-0.1, -0.05) is 28.1 Å². The molecular weight excluding hydrogens is 332 g/mol. The second kappa shape index (κ2) is 6.18. The van der Waals surface area contributed by atoms with Crippen molar-refractivity contribution in [3.05, 3.63) is 60.0 Å². The maximum Gasteiger partial charge on any atom is 0.162 e. The van der Waals surface area contributed by atoms with Gasteiger partial charge in [-0.25, -0.2) is 4.98 Å². The zero-order valence-electron chi connectivity index (χ0n) is 11.6. The molecule has 21 heavy (non-hydrogen) atoms. The van der Waals surface area contributed by atoms with Crippen LogP contribution in [0.4, 0.5) is 0 Å². The third-order valence-corrected chi connectivity index (χ3v) is 3.82. The molecule has 4 nitrogen and oxygen atoms in total. The number of hydrogen-bond acceptors (Lipinski definition) is 3. The van der Waals surface area contributed by atoms with E-state index in [0.717, 1.165) is 33.7 Å². The third kappa shape index (κ3) is 3.03. The molecule has 0 unspecified atom stereocenters. The Hall–Kier alpha value is -2.01. The number of nitrogens with zero attached hydrogens (tertiary/aromatic N) is 2. The Morgan fingerprint density at radius 3 is 2.86 bits per heavy atom. The number of methoxy groups -OCH3 is 1. The summed E-state index contributed by atoms with van der Waals surface area (Å²) in [6.45, 7) is 0.407. The van der Waals surface area contributed by atoms with Gasteiger partial charge in [0.15, 0.2) is 11.5 Å². The zero-order chi connectivity index (χ0) is 14.7. The number of alkyl halides is 1. The quantitative estimate of drug-likeness (QED) is 0.659. The van der Waals surface area contributed by atoms with Gasteiger partial charge in [-0.2, -0.15) is 0 Å². The summed E-state index contributed by atoms with van der Waals surface area (Å²) in [5.41, 5.74) is 2.94. The minimum absolute atomic E-state index is 0.407. The van der Waals surface area contributed by atoms with Crippen molar-refractivity contribution in [3.8, 4) is 11.5 Å². The van der Waals surface area contributed by atoms with Crippen molar-refractivity contribution in [1.29, 1.82) is 0 Å². The van der Waals surface area contributed by atoms with Gasteiger partial charge in [0.25, 0.3) is 0 Å². The van der Waals surface area contributed by atoms with Crippen LogP contribution in [-0.2, 0) is 11.9 Å². The van der Waals surface area contributed by atoms with Crippen LogP contribution < -0.4 is 9.47 Å². The molecule has 3 aromatic rings. The summed E-state index contributed by atoms with van der Waals surface area (Å²) in [5, 5.41) is 0.779. The number of halogens is 1. The molecule has 108 valence electrons. The second-order valence-corrected chi connectivity index (χ2v) is 5.17. The molecule has 0 saturated carbocycles. The molecule has 3 rings (SSSR count). The predicted molar refractivity (Wildman–Crippen MR) is 85.1 cm³/mol. The van der Waals surface area contributed by atoms with Crippen LogP contribution in [0.3, 0.4) is 0 Å². The molecule has 0 spiro atoms. The van der Waals surface area contributed by atoms with Crippen molar-refractivity contribution >= 4 is 21.6 Å². The lowest BCUT2D eigenvalue weighted by atomic mass is 10.2. The fourth-order valence-electron chi connectivity index (χ4n) is 2.13. The summed E-state index contributed by atoms with van der Waals surface area (Å²) in [6.07, 6.45) is 3.94. The molecule has 0 amide bonds. The fraction of sp³-hybridized carbons (Fsp3) is 0.188. The number of imidazole rings is 1. The van der Waals surface area contributed by atoms with Gasteiger partial charge >= 0.3 is 0 Å². The summed E-state index contributed by atoms with van der Waals surface area (Å²) in [6, 6.07) is 11.8. The zero-order valence-corrected chi connectivity index (χ0v) is 13.2. The van der Waals surface area contributed by atoms with Gasteiger partial charge in [0, 0.05) is 17.7 Å². The first-order chi connectivity index (χ1) is 10.3. The first-order valence-corrected chi connectivity index (χ1v) is 7.70. The SMILES string of the molecule is COc1ccc(CBr)cc1OCc1cn2ccccc2n1. The van der Waals surface area contributed by atoms with Gasteiger partial charge in [-0.15, -0.1) is 0 Å². The van der Waals surface area contributed by atoms with Crippen LogP contribution >= 0.6 is 15.9 Å². The number of aromatic nitrogens is 2. The number of fused-ring (bicyclic) bond motifs is 1. The van der Waals surface area contributed by atoms with Gasteiger partial charge in [0.05, 0.1) is 12.8 Å². The lowest BCUT2D eigenvalue weighted by Gasteiger charge is -2.10. The highest BCUT2D eigenvalue weighted by atomic mass is 79.9. The predicted octanol–water partition coefficient (Wildman–Crippen LogP) is 3.82. The average molecular weight is 347 g/mol. The van der Waals surface area contributed by atoms with Crippen LogP contribution in [0.1, 0.15) is 11.3 Å². The number of pyridine rings is 1. The molecule has 0 radical (unpaired) electrons. The van der Waals surface area contributed by atoms with Crippen LogP contribution in [0, 0.1) is 0 Å². The fourth-order valence-corrected chi connectivity index (χ4v) is 2.47. The molecule has 0 aliphatic carbocycles. The third-order valence-electron chi connectivity index (χ3n) is 3.17. The molecule has 0 saturated heterocycles. The molecule has 0 aliphatic heterocycles. The Morgan fingerprint density at radius 1 is 1.19 bits per heavy atom. The lowest BCUT2D eigenvalue weighted by Crippen LogP contribution is -1.98. The summed E-state index contributed by atoms with van der Waals surface area (Å²) in [5.74, 6) is 1.45. The maximum atomic E-state index is 5.86. The van der Waals surface area contributed by atoms with Crippen LogP contribution in [0.5, 0.6) is 11.5 Å². The van der Waals surface area contributed by atoms with E-state index in [4.69, 9.17) is 9.47 Å². The normalized spacial score (nSPS) is 10.8. The van der Waals surface area contributed by atoms with E-state index in [2.05, 4.69) is 20.9 Å². The number of hydrogen-bond donors (Lipinski definition) is 0. The van der Waals surface area contributed by atoms with Crippen LogP contribution in [0.2, 0.25) is 0 Å². The molecule has 0 bridgehead atoms. The number of rotatable bonds is 5. The smallest absolute Gasteiger partial charge is 0.162 e. The van der Waals surface area contributed by atoms with Gasteiger partial charge in [0.2, 0.25) is 0 Å². The van der Waals surface area contributed by atoms with Crippen molar-refractivity contribution in [3.63, 3.8) is 0 Å². The molecule has 0 aliphatic rings.